The summed E-state index contributed by atoms with van der Waals surface area (Å²) in [6.45, 7) is 0.398. The number of hydrogen-bond donors (Lipinski definition) is 2. The Hall–Kier alpha value is -3.74. The molecule has 3 N–H and O–H groups in total. The quantitative estimate of drug-likeness (QED) is 0.480. The van der Waals surface area contributed by atoms with Gasteiger partial charge in [-0.15, -0.1) is 0 Å². The number of aromatic nitrogens is 1. The first-order valence-corrected chi connectivity index (χ1v) is 8.64. The third-order valence-electron chi connectivity index (χ3n) is 3.84. The zero-order chi connectivity index (χ0) is 19.8. The maximum atomic E-state index is 5.95. The van der Waals surface area contributed by atoms with Crippen LogP contribution in [0.1, 0.15) is 5.56 Å². The van der Waals surface area contributed by atoms with Crippen LogP contribution >= 0.6 is 0 Å². The Balaban J connectivity index is 1.58. The van der Waals surface area contributed by atoms with Gasteiger partial charge in [-0.25, -0.2) is 9.98 Å². The molecule has 7 nitrogen and oxygen atoms in total. The van der Waals surface area contributed by atoms with Crippen molar-refractivity contribution in [2.75, 3.05) is 19.5 Å². The number of ether oxygens (including phenoxy) is 3. The highest BCUT2D eigenvalue weighted by Gasteiger charge is 2.02. The number of pyridine rings is 1. The zero-order valence-corrected chi connectivity index (χ0v) is 15.8. The van der Waals surface area contributed by atoms with Crippen LogP contribution in [0.3, 0.4) is 0 Å². The first-order valence-electron chi connectivity index (χ1n) is 8.64. The van der Waals surface area contributed by atoms with Crippen LogP contribution in [-0.2, 0) is 6.54 Å². The second kappa shape index (κ2) is 9.27. The summed E-state index contributed by atoms with van der Waals surface area (Å²) in [5.41, 5.74) is 7.66. The van der Waals surface area contributed by atoms with E-state index in [-0.39, 0.29) is 0 Å². The van der Waals surface area contributed by atoms with Crippen LogP contribution < -0.4 is 25.3 Å². The third kappa shape index (κ3) is 5.38. The summed E-state index contributed by atoms with van der Waals surface area (Å²) in [5.74, 6) is 2.92. The van der Waals surface area contributed by atoms with Gasteiger partial charge in [0.2, 0.25) is 5.88 Å². The fraction of sp³-hybridized carbons (Fsp3) is 0.143. The summed E-state index contributed by atoms with van der Waals surface area (Å²) in [5, 5.41) is 3.03. The van der Waals surface area contributed by atoms with Gasteiger partial charge in [-0.1, -0.05) is 18.2 Å². The summed E-state index contributed by atoms with van der Waals surface area (Å²) in [6, 6.07) is 18.5. The molecule has 1 aromatic heterocycles. The number of benzene rings is 2. The van der Waals surface area contributed by atoms with Crippen molar-refractivity contribution in [1.82, 2.24) is 4.98 Å². The van der Waals surface area contributed by atoms with Gasteiger partial charge in [-0.3, -0.25) is 0 Å². The molecule has 3 aromatic rings. The number of aliphatic imine (C=N–C) groups is 1. The lowest BCUT2D eigenvalue weighted by Crippen LogP contribution is -2.22. The van der Waals surface area contributed by atoms with Gasteiger partial charge in [0, 0.05) is 30.1 Å². The predicted octanol–water partition coefficient (Wildman–Crippen LogP) is 3.82. The zero-order valence-electron chi connectivity index (χ0n) is 15.8. The molecule has 28 heavy (non-hydrogen) atoms. The molecule has 0 radical (unpaired) electrons. The predicted molar refractivity (Wildman–Crippen MR) is 109 cm³/mol. The van der Waals surface area contributed by atoms with Crippen LogP contribution in [-0.4, -0.2) is 25.2 Å². The van der Waals surface area contributed by atoms with Crippen LogP contribution in [0.2, 0.25) is 0 Å². The Morgan fingerprint density at radius 1 is 0.964 bits per heavy atom. The van der Waals surface area contributed by atoms with Gasteiger partial charge in [-0.2, -0.15) is 0 Å². The van der Waals surface area contributed by atoms with E-state index in [0.717, 1.165) is 22.7 Å². The molecule has 0 aliphatic carbocycles. The Kier molecular flexibility index (Phi) is 6.30. The van der Waals surface area contributed by atoms with Gasteiger partial charge in [0.15, 0.2) is 5.96 Å². The molecule has 0 aliphatic heterocycles. The molecule has 3 rings (SSSR count). The number of nitrogens with zero attached hydrogens (tertiary/aromatic N) is 2. The normalized spacial score (nSPS) is 11.0. The molecule has 0 spiro atoms. The second-order valence-corrected chi connectivity index (χ2v) is 5.84. The molecule has 0 atom stereocenters. The van der Waals surface area contributed by atoms with Crippen molar-refractivity contribution in [2.24, 2.45) is 10.7 Å². The molecule has 0 aliphatic rings. The van der Waals surface area contributed by atoms with Crippen molar-refractivity contribution in [3.63, 3.8) is 0 Å². The standard InChI is InChI=1S/C21H22N4O3/c1-26-17-6-3-5-16(11-17)25-21(22)24-14-15-9-10-20(23-13-15)28-19-8-4-7-18(12-19)27-2/h3-13H,14H2,1-2H3,(H3,22,24,25). The van der Waals surface area contributed by atoms with Crippen molar-refractivity contribution in [3.05, 3.63) is 72.4 Å². The lowest BCUT2D eigenvalue weighted by atomic mass is 10.3. The molecule has 2 aromatic carbocycles. The van der Waals surface area contributed by atoms with Crippen molar-refractivity contribution < 1.29 is 14.2 Å². The molecule has 0 bridgehead atoms. The van der Waals surface area contributed by atoms with Gasteiger partial charge < -0.3 is 25.3 Å². The highest BCUT2D eigenvalue weighted by Crippen LogP contribution is 2.24. The second-order valence-electron chi connectivity index (χ2n) is 5.84. The average Bonchev–Trinajstić information content (AvgIpc) is 2.73. The molecule has 7 heteroatoms. The minimum absolute atomic E-state index is 0.310. The largest absolute Gasteiger partial charge is 0.497 e. The van der Waals surface area contributed by atoms with E-state index >= 15 is 0 Å². The molecule has 0 unspecified atom stereocenters. The number of guanidine groups is 1. The van der Waals surface area contributed by atoms with E-state index < -0.39 is 0 Å². The average molecular weight is 378 g/mol. The Labute approximate surface area is 163 Å². The third-order valence-corrected chi connectivity index (χ3v) is 3.84. The summed E-state index contributed by atoms with van der Waals surface area (Å²) in [6.07, 6.45) is 1.71. The number of hydrogen-bond acceptors (Lipinski definition) is 5. The van der Waals surface area contributed by atoms with Crippen molar-refractivity contribution >= 4 is 11.6 Å². The fourth-order valence-electron chi connectivity index (χ4n) is 2.41. The molecule has 144 valence electrons. The summed E-state index contributed by atoms with van der Waals surface area (Å²) < 4.78 is 16.1. The van der Waals surface area contributed by atoms with Gasteiger partial charge >= 0.3 is 0 Å². The highest BCUT2D eigenvalue weighted by molar-refractivity contribution is 5.92. The molecule has 0 fully saturated rings. The van der Waals surface area contributed by atoms with Crippen LogP contribution in [0.4, 0.5) is 5.69 Å². The fourth-order valence-corrected chi connectivity index (χ4v) is 2.41. The van der Waals surface area contributed by atoms with Crippen LogP contribution in [0, 0.1) is 0 Å². The Morgan fingerprint density at radius 2 is 1.68 bits per heavy atom. The van der Waals surface area contributed by atoms with Gasteiger partial charge in [0.05, 0.1) is 20.8 Å². The molecule has 0 amide bonds. The number of nitrogens with two attached hydrogens (primary N) is 1. The minimum atomic E-state index is 0.310. The molecule has 0 saturated carbocycles. The van der Waals surface area contributed by atoms with Crippen LogP contribution in [0.5, 0.6) is 23.1 Å². The lowest BCUT2D eigenvalue weighted by molar-refractivity contribution is 0.407. The van der Waals surface area contributed by atoms with Crippen molar-refractivity contribution in [2.45, 2.75) is 6.54 Å². The van der Waals surface area contributed by atoms with Crippen LogP contribution in [0.15, 0.2) is 71.9 Å². The van der Waals surface area contributed by atoms with E-state index in [1.54, 1.807) is 32.5 Å². The molecule has 1 heterocycles. The smallest absolute Gasteiger partial charge is 0.219 e. The summed E-state index contributed by atoms with van der Waals surface area (Å²) >= 11 is 0. The Morgan fingerprint density at radius 3 is 2.39 bits per heavy atom. The van der Waals surface area contributed by atoms with E-state index in [1.165, 1.54) is 0 Å². The van der Waals surface area contributed by atoms with E-state index in [1.807, 2.05) is 48.5 Å². The van der Waals surface area contributed by atoms with E-state index in [9.17, 15) is 0 Å². The molecular weight excluding hydrogens is 356 g/mol. The summed E-state index contributed by atoms with van der Waals surface area (Å²) in [7, 11) is 3.23. The number of methoxy groups -OCH3 is 2. The molecule has 0 saturated heterocycles. The SMILES string of the molecule is COc1cccc(NC(N)=NCc2ccc(Oc3cccc(OC)c3)nc2)c1. The van der Waals surface area contributed by atoms with E-state index in [2.05, 4.69) is 15.3 Å². The van der Waals surface area contributed by atoms with Gasteiger partial charge in [0.25, 0.3) is 0 Å². The van der Waals surface area contributed by atoms with Gasteiger partial charge in [-0.05, 0) is 29.8 Å². The Bertz CT molecular complexity index is 942. The van der Waals surface area contributed by atoms with Crippen molar-refractivity contribution in [3.8, 4) is 23.1 Å². The molecular formula is C21H22N4O3. The maximum Gasteiger partial charge on any atom is 0.219 e. The monoisotopic (exact) mass is 378 g/mol. The number of anilines is 1. The van der Waals surface area contributed by atoms with Crippen LogP contribution in [0.25, 0.3) is 0 Å². The van der Waals surface area contributed by atoms with E-state index in [0.29, 0.717) is 24.1 Å². The maximum absolute atomic E-state index is 5.95. The number of rotatable bonds is 7. The first kappa shape index (κ1) is 19.0. The highest BCUT2D eigenvalue weighted by atomic mass is 16.5. The lowest BCUT2D eigenvalue weighted by Gasteiger charge is -2.08. The first-order chi connectivity index (χ1) is 13.7. The topological polar surface area (TPSA) is 91.0 Å². The van der Waals surface area contributed by atoms with Gasteiger partial charge in [0.1, 0.15) is 17.2 Å². The van der Waals surface area contributed by atoms with Crippen molar-refractivity contribution in [1.29, 1.82) is 0 Å². The number of nitrogens with one attached hydrogen (secondary N) is 1. The summed E-state index contributed by atoms with van der Waals surface area (Å²) in [4.78, 5) is 8.63. The van der Waals surface area contributed by atoms with E-state index in [4.69, 9.17) is 19.9 Å². The minimum Gasteiger partial charge on any atom is -0.497 e.